The van der Waals surface area contributed by atoms with Gasteiger partial charge in [0, 0.05) is 11.6 Å². The minimum Gasteiger partial charge on any atom is -0.508 e. The summed E-state index contributed by atoms with van der Waals surface area (Å²) in [7, 11) is 2.14. The summed E-state index contributed by atoms with van der Waals surface area (Å²) in [6.45, 7) is 2.22. The van der Waals surface area contributed by atoms with Crippen molar-refractivity contribution >= 4 is 10.8 Å². The highest BCUT2D eigenvalue weighted by Crippen LogP contribution is 2.41. The van der Waals surface area contributed by atoms with E-state index in [2.05, 4.69) is 79.5 Å². The normalized spacial score (nSPS) is 13.5. The van der Waals surface area contributed by atoms with Crippen LogP contribution in [-0.4, -0.2) is 17.1 Å². The van der Waals surface area contributed by atoms with Crippen LogP contribution in [0.25, 0.3) is 10.8 Å². The summed E-state index contributed by atoms with van der Waals surface area (Å²) in [6.07, 6.45) is 0. The highest BCUT2D eigenvalue weighted by atomic mass is 16.3. The maximum absolute atomic E-state index is 10.9. The van der Waals surface area contributed by atoms with Crippen molar-refractivity contribution in [2.24, 2.45) is 0 Å². The van der Waals surface area contributed by atoms with E-state index in [-0.39, 0.29) is 12.1 Å². The zero-order valence-corrected chi connectivity index (χ0v) is 16.3. The molecular formula is C26H25NO. The van der Waals surface area contributed by atoms with Gasteiger partial charge in [-0.15, -0.1) is 0 Å². The Bertz CT molecular complexity index is 1060. The molecule has 0 amide bonds. The minimum absolute atomic E-state index is 0.0671. The molecule has 0 bridgehead atoms. The Balaban J connectivity index is 1.90. The molecule has 0 heterocycles. The average Bonchev–Trinajstić information content (AvgIpc) is 2.76. The van der Waals surface area contributed by atoms with Gasteiger partial charge in [0.05, 0.1) is 6.04 Å². The topological polar surface area (TPSA) is 23.5 Å². The molecule has 4 rings (SSSR count). The van der Waals surface area contributed by atoms with Gasteiger partial charge >= 0.3 is 0 Å². The number of rotatable bonds is 5. The molecule has 0 fully saturated rings. The second kappa shape index (κ2) is 7.87. The van der Waals surface area contributed by atoms with E-state index in [1.54, 1.807) is 0 Å². The van der Waals surface area contributed by atoms with E-state index in [9.17, 15) is 5.11 Å². The lowest BCUT2D eigenvalue weighted by atomic mass is 9.90. The van der Waals surface area contributed by atoms with Crippen LogP contribution in [0.4, 0.5) is 0 Å². The fraction of sp³-hybridized carbons (Fsp3) is 0.154. The number of fused-ring (bicyclic) bond motifs is 1. The predicted molar refractivity (Wildman–Crippen MR) is 117 cm³/mol. The van der Waals surface area contributed by atoms with E-state index in [0.717, 1.165) is 16.3 Å². The first-order valence-electron chi connectivity index (χ1n) is 9.69. The van der Waals surface area contributed by atoms with E-state index in [1.165, 1.54) is 11.1 Å². The van der Waals surface area contributed by atoms with Gasteiger partial charge in [0.2, 0.25) is 0 Å². The fourth-order valence-electron chi connectivity index (χ4n) is 4.00. The molecule has 4 aromatic carbocycles. The summed E-state index contributed by atoms with van der Waals surface area (Å²) in [4.78, 5) is 2.34. The molecule has 28 heavy (non-hydrogen) atoms. The Morgan fingerprint density at radius 1 is 0.679 bits per heavy atom. The molecule has 2 nitrogen and oxygen atoms in total. The zero-order chi connectivity index (χ0) is 19.5. The van der Waals surface area contributed by atoms with Crippen molar-refractivity contribution in [3.8, 4) is 5.75 Å². The Hall–Kier alpha value is -3.10. The summed E-state index contributed by atoms with van der Waals surface area (Å²) in [5.74, 6) is 0.333. The molecule has 2 atom stereocenters. The lowest BCUT2D eigenvalue weighted by Crippen LogP contribution is -2.28. The lowest BCUT2D eigenvalue weighted by molar-refractivity contribution is 0.211. The molecule has 0 aromatic heterocycles. The predicted octanol–water partition coefficient (Wildman–Crippen LogP) is 6.33. The van der Waals surface area contributed by atoms with Crippen LogP contribution in [-0.2, 0) is 0 Å². The molecule has 2 unspecified atom stereocenters. The number of phenolic OH excluding ortho intramolecular Hbond substituents is 1. The zero-order valence-electron chi connectivity index (χ0n) is 16.3. The van der Waals surface area contributed by atoms with Gasteiger partial charge in [-0.05, 0) is 41.9 Å². The molecule has 0 saturated carbocycles. The van der Waals surface area contributed by atoms with Crippen LogP contribution < -0.4 is 0 Å². The molecule has 0 aliphatic carbocycles. The maximum Gasteiger partial charge on any atom is 0.121 e. The molecule has 0 aliphatic heterocycles. The molecular weight excluding hydrogens is 342 g/mol. The quantitative estimate of drug-likeness (QED) is 0.446. The first-order valence-corrected chi connectivity index (χ1v) is 9.69. The van der Waals surface area contributed by atoms with Gasteiger partial charge in [0.25, 0.3) is 0 Å². The monoisotopic (exact) mass is 367 g/mol. The molecule has 2 heteroatoms. The van der Waals surface area contributed by atoms with Gasteiger partial charge in [-0.3, -0.25) is 4.90 Å². The first kappa shape index (κ1) is 18.3. The number of nitrogens with zero attached hydrogens (tertiary/aromatic N) is 1. The highest BCUT2D eigenvalue weighted by molar-refractivity contribution is 5.88. The van der Waals surface area contributed by atoms with Gasteiger partial charge in [-0.2, -0.15) is 0 Å². The van der Waals surface area contributed by atoms with Crippen molar-refractivity contribution < 1.29 is 5.11 Å². The Kier molecular flexibility index (Phi) is 5.14. The van der Waals surface area contributed by atoms with Crippen LogP contribution in [0.15, 0.2) is 97.1 Å². The van der Waals surface area contributed by atoms with E-state index in [4.69, 9.17) is 0 Å². The Morgan fingerprint density at radius 3 is 1.93 bits per heavy atom. The van der Waals surface area contributed by atoms with Gasteiger partial charge in [0.1, 0.15) is 5.75 Å². The third-order valence-corrected chi connectivity index (χ3v) is 5.64. The molecule has 0 aliphatic rings. The SMILES string of the molecule is CC(c1ccccc1)N(C)C(c1ccccc1)c1c(O)ccc2ccccc12. The van der Waals surface area contributed by atoms with Crippen LogP contribution in [0, 0.1) is 0 Å². The van der Waals surface area contributed by atoms with E-state index in [0.29, 0.717) is 5.75 Å². The molecule has 1 N–H and O–H groups in total. The first-order chi connectivity index (χ1) is 13.7. The van der Waals surface area contributed by atoms with Crippen molar-refractivity contribution in [1.82, 2.24) is 4.90 Å². The second-order valence-corrected chi connectivity index (χ2v) is 7.28. The molecule has 0 saturated heterocycles. The standard InChI is InChI=1S/C26H25NO/c1-19(20-11-5-3-6-12-20)27(2)26(22-14-7-4-8-15-22)25-23-16-10-9-13-21(23)17-18-24(25)28/h3-19,26,28H,1-2H3. The molecule has 140 valence electrons. The van der Waals surface area contributed by atoms with Gasteiger partial charge in [-0.1, -0.05) is 91.0 Å². The van der Waals surface area contributed by atoms with Crippen LogP contribution in [0.3, 0.4) is 0 Å². The van der Waals surface area contributed by atoms with Crippen LogP contribution in [0.5, 0.6) is 5.75 Å². The average molecular weight is 367 g/mol. The second-order valence-electron chi connectivity index (χ2n) is 7.28. The summed E-state index contributed by atoms with van der Waals surface area (Å²) in [5.41, 5.74) is 3.37. The molecule has 4 aromatic rings. The van der Waals surface area contributed by atoms with Crippen molar-refractivity contribution in [1.29, 1.82) is 0 Å². The summed E-state index contributed by atoms with van der Waals surface area (Å²) >= 11 is 0. The summed E-state index contributed by atoms with van der Waals surface area (Å²) in [6, 6.07) is 33.1. The largest absolute Gasteiger partial charge is 0.508 e. The van der Waals surface area contributed by atoms with Crippen LogP contribution in [0.2, 0.25) is 0 Å². The summed E-state index contributed by atoms with van der Waals surface area (Å²) in [5, 5.41) is 13.1. The summed E-state index contributed by atoms with van der Waals surface area (Å²) < 4.78 is 0. The lowest BCUT2D eigenvalue weighted by Gasteiger charge is -2.35. The van der Waals surface area contributed by atoms with Gasteiger partial charge < -0.3 is 5.11 Å². The van der Waals surface area contributed by atoms with Crippen LogP contribution >= 0.6 is 0 Å². The van der Waals surface area contributed by atoms with E-state index < -0.39 is 0 Å². The smallest absolute Gasteiger partial charge is 0.121 e. The van der Waals surface area contributed by atoms with E-state index >= 15 is 0 Å². The Labute approximate surface area is 166 Å². The van der Waals surface area contributed by atoms with Crippen molar-refractivity contribution in [2.45, 2.75) is 19.0 Å². The number of hydrogen-bond donors (Lipinski definition) is 1. The highest BCUT2D eigenvalue weighted by Gasteiger charge is 2.27. The fourth-order valence-corrected chi connectivity index (χ4v) is 4.00. The number of benzene rings is 4. The Morgan fingerprint density at radius 2 is 1.25 bits per heavy atom. The number of hydrogen-bond acceptors (Lipinski definition) is 2. The minimum atomic E-state index is -0.0671. The van der Waals surface area contributed by atoms with Crippen molar-refractivity contribution in [3.05, 3.63) is 114 Å². The molecule has 0 spiro atoms. The van der Waals surface area contributed by atoms with Gasteiger partial charge in [-0.25, -0.2) is 0 Å². The maximum atomic E-state index is 10.9. The third-order valence-electron chi connectivity index (χ3n) is 5.64. The third kappa shape index (κ3) is 3.39. The number of phenols is 1. The van der Waals surface area contributed by atoms with Gasteiger partial charge in [0.15, 0.2) is 0 Å². The number of aromatic hydroxyl groups is 1. The van der Waals surface area contributed by atoms with Crippen molar-refractivity contribution in [2.75, 3.05) is 7.05 Å². The van der Waals surface area contributed by atoms with Crippen molar-refractivity contribution in [3.63, 3.8) is 0 Å². The van der Waals surface area contributed by atoms with E-state index in [1.807, 2.05) is 36.4 Å². The molecule has 0 radical (unpaired) electrons. The van der Waals surface area contributed by atoms with Crippen LogP contribution in [0.1, 0.15) is 35.7 Å².